The average Bonchev–Trinajstić information content (AvgIpc) is 2.87. The predicted molar refractivity (Wildman–Crippen MR) is 83.8 cm³/mol. The van der Waals surface area contributed by atoms with Crippen molar-refractivity contribution in [3.63, 3.8) is 0 Å². The number of halogens is 3. The molecular weight excluding hydrogens is 312 g/mol. The van der Waals surface area contributed by atoms with E-state index in [1.165, 1.54) is 29.5 Å². The fourth-order valence-electron chi connectivity index (χ4n) is 2.26. The van der Waals surface area contributed by atoms with Crippen LogP contribution in [0.1, 0.15) is 16.5 Å². The van der Waals surface area contributed by atoms with E-state index in [0.29, 0.717) is 12.0 Å². The number of nitrogens with two attached hydrogens (primary N) is 1. The van der Waals surface area contributed by atoms with Crippen LogP contribution in [0.25, 0.3) is 10.1 Å². The van der Waals surface area contributed by atoms with E-state index in [2.05, 4.69) is 0 Å². The summed E-state index contributed by atoms with van der Waals surface area (Å²) in [5, 5.41) is 0.941. The highest BCUT2D eigenvalue weighted by atomic mass is 35.5. The van der Waals surface area contributed by atoms with Crippen molar-refractivity contribution in [1.82, 2.24) is 0 Å². The van der Waals surface area contributed by atoms with Gasteiger partial charge < -0.3 is 5.73 Å². The van der Waals surface area contributed by atoms with Crippen molar-refractivity contribution in [3.8, 4) is 0 Å². The van der Waals surface area contributed by atoms with Crippen LogP contribution in [0.5, 0.6) is 0 Å². The summed E-state index contributed by atoms with van der Waals surface area (Å²) in [6.07, 6.45) is 0.436. The molecule has 1 heterocycles. The molecule has 108 valence electrons. The topological polar surface area (TPSA) is 26.0 Å². The zero-order chi connectivity index (χ0) is 15.0. The fourth-order valence-corrected chi connectivity index (χ4v) is 3.51. The summed E-state index contributed by atoms with van der Waals surface area (Å²) in [6.45, 7) is 0. The molecule has 1 atom stereocenters. The van der Waals surface area contributed by atoms with Crippen LogP contribution in [0, 0.1) is 11.6 Å². The lowest BCUT2D eigenvalue weighted by atomic mass is 10.0. The highest BCUT2D eigenvalue weighted by molar-refractivity contribution is 7.19. The molecular formula is C16H12ClF2NS. The molecule has 0 amide bonds. The Bertz CT molecular complexity index is 800. The largest absolute Gasteiger partial charge is 0.323 e. The van der Waals surface area contributed by atoms with Gasteiger partial charge in [0.25, 0.3) is 0 Å². The summed E-state index contributed by atoms with van der Waals surface area (Å²) in [5.74, 6) is -0.714. The van der Waals surface area contributed by atoms with Gasteiger partial charge in [-0.1, -0.05) is 23.7 Å². The molecule has 0 fully saturated rings. The molecule has 1 nitrogen and oxygen atoms in total. The van der Waals surface area contributed by atoms with Crippen LogP contribution in [-0.4, -0.2) is 0 Å². The van der Waals surface area contributed by atoms with E-state index in [9.17, 15) is 8.78 Å². The zero-order valence-electron chi connectivity index (χ0n) is 10.9. The van der Waals surface area contributed by atoms with Crippen LogP contribution in [0.15, 0.2) is 42.5 Å². The number of benzene rings is 2. The maximum atomic E-state index is 13.4. The first kappa shape index (κ1) is 14.4. The van der Waals surface area contributed by atoms with Crippen molar-refractivity contribution >= 4 is 33.0 Å². The number of rotatable bonds is 3. The van der Waals surface area contributed by atoms with Crippen molar-refractivity contribution in [2.24, 2.45) is 5.73 Å². The third-order valence-electron chi connectivity index (χ3n) is 3.33. The first-order valence-corrected chi connectivity index (χ1v) is 7.61. The van der Waals surface area contributed by atoms with Gasteiger partial charge in [-0.3, -0.25) is 0 Å². The van der Waals surface area contributed by atoms with Gasteiger partial charge in [-0.05, 0) is 47.7 Å². The minimum atomic E-state index is -0.445. The summed E-state index contributed by atoms with van der Waals surface area (Å²) in [6, 6.07) is 10.9. The second kappa shape index (κ2) is 5.72. The van der Waals surface area contributed by atoms with E-state index < -0.39 is 5.82 Å². The van der Waals surface area contributed by atoms with E-state index >= 15 is 0 Å². The lowest BCUT2D eigenvalue weighted by Gasteiger charge is -2.11. The summed E-state index contributed by atoms with van der Waals surface area (Å²) in [4.78, 5) is 0.927. The molecule has 0 aliphatic heterocycles. The van der Waals surface area contributed by atoms with Gasteiger partial charge in [0.15, 0.2) is 0 Å². The highest BCUT2D eigenvalue weighted by Gasteiger charge is 2.14. The Kier molecular flexibility index (Phi) is 3.93. The van der Waals surface area contributed by atoms with E-state index in [4.69, 9.17) is 17.3 Å². The monoisotopic (exact) mass is 323 g/mol. The molecule has 21 heavy (non-hydrogen) atoms. The van der Waals surface area contributed by atoms with Crippen molar-refractivity contribution in [2.45, 2.75) is 12.5 Å². The molecule has 0 radical (unpaired) electrons. The molecule has 3 rings (SSSR count). The van der Waals surface area contributed by atoms with Crippen molar-refractivity contribution in [1.29, 1.82) is 0 Å². The molecule has 0 aliphatic rings. The Morgan fingerprint density at radius 1 is 1.14 bits per heavy atom. The maximum absolute atomic E-state index is 13.4. The number of hydrogen-bond donors (Lipinski definition) is 1. The molecule has 1 unspecified atom stereocenters. The van der Waals surface area contributed by atoms with Gasteiger partial charge in [0.2, 0.25) is 0 Å². The normalized spacial score (nSPS) is 12.8. The minimum absolute atomic E-state index is 0.111. The van der Waals surface area contributed by atoms with E-state index in [1.807, 2.05) is 6.07 Å². The van der Waals surface area contributed by atoms with Crippen molar-refractivity contribution in [3.05, 3.63) is 69.6 Å². The smallest absolute Gasteiger partial charge is 0.142 e. The van der Waals surface area contributed by atoms with Gasteiger partial charge in [0.05, 0.1) is 5.02 Å². The highest BCUT2D eigenvalue weighted by Crippen LogP contribution is 2.32. The van der Waals surface area contributed by atoms with Gasteiger partial charge in [0.1, 0.15) is 11.6 Å². The minimum Gasteiger partial charge on any atom is -0.323 e. The van der Waals surface area contributed by atoms with Crippen LogP contribution in [0.2, 0.25) is 5.02 Å². The zero-order valence-corrected chi connectivity index (χ0v) is 12.5. The van der Waals surface area contributed by atoms with Crippen LogP contribution < -0.4 is 5.73 Å². The first-order chi connectivity index (χ1) is 10.0. The van der Waals surface area contributed by atoms with Gasteiger partial charge in [-0.15, -0.1) is 11.3 Å². The van der Waals surface area contributed by atoms with Crippen molar-refractivity contribution < 1.29 is 8.78 Å². The SMILES string of the molecule is NC(Cc1cccc(F)c1Cl)c1cc2cc(F)ccc2s1. The van der Waals surface area contributed by atoms with Gasteiger partial charge in [-0.25, -0.2) is 8.78 Å². The van der Waals surface area contributed by atoms with Crippen LogP contribution >= 0.6 is 22.9 Å². The van der Waals surface area contributed by atoms with Gasteiger partial charge >= 0.3 is 0 Å². The molecule has 0 saturated carbocycles. The molecule has 5 heteroatoms. The number of thiophene rings is 1. The van der Waals surface area contributed by atoms with E-state index in [1.54, 1.807) is 18.2 Å². The summed E-state index contributed by atoms with van der Waals surface area (Å²) in [5.41, 5.74) is 6.86. The van der Waals surface area contributed by atoms with Crippen molar-refractivity contribution in [2.75, 3.05) is 0 Å². The molecule has 1 aromatic heterocycles. The summed E-state index contributed by atoms with van der Waals surface area (Å²) < 4.78 is 27.6. The fraction of sp³-hybridized carbons (Fsp3) is 0.125. The quantitative estimate of drug-likeness (QED) is 0.715. The molecule has 0 spiro atoms. The Balaban J connectivity index is 1.89. The molecule has 2 N–H and O–H groups in total. The molecule has 0 aliphatic carbocycles. The van der Waals surface area contributed by atoms with Crippen LogP contribution in [0.3, 0.4) is 0 Å². The Morgan fingerprint density at radius 3 is 2.76 bits per heavy atom. The maximum Gasteiger partial charge on any atom is 0.142 e. The lowest BCUT2D eigenvalue weighted by Crippen LogP contribution is -2.12. The summed E-state index contributed by atoms with van der Waals surface area (Å²) >= 11 is 7.46. The third-order valence-corrected chi connectivity index (χ3v) is 5.01. The Morgan fingerprint density at radius 2 is 1.95 bits per heavy atom. The van der Waals surface area contributed by atoms with Gasteiger partial charge in [0, 0.05) is 15.6 Å². The van der Waals surface area contributed by atoms with E-state index in [0.717, 1.165) is 15.0 Å². The summed E-state index contributed by atoms with van der Waals surface area (Å²) in [7, 11) is 0. The van der Waals surface area contributed by atoms with Crippen LogP contribution in [-0.2, 0) is 6.42 Å². The average molecular weight is 324 g/mol. The Hall–Kier alpha value is -1.49. The number of fused-ring (bicyclic) bond motifs is 1. The van der Waals surface area contributed by atoms with Gasteiger partial charge in [-0.2, -0.15) is 0 Å². The second-order valence-corrected chi connectivity index (χ2v) is 6.35. The Labute approximate surface area is 130 Å². The van der Waals surface area contributed by atoms with Crippen LogP contribution in [0.4, 0.5) is 8.78 Å². The lowest BCUT2D eigenvalue weighted by molar-refractivity contribution is 0.623. The molecule has 0 bridgehead atoms. The second-order valence-electron chi connectivity index (χ2n) is 4.85. The predicted octanol–water partition coefficient (Wildman–Crippen LogP) is 5.08. The molecule has 0 saturated heterocycles. The first-order valence-electron chi connectivity index (χ1n) is 6.42. The van der Waals surface area contributed by atoms with E-state index in [-0.39, 0.29) is 16.9 Å². The third kappa shape index (κ3) is 2.93. The molecule has 3 aromatic rings. The molecule has 2 aromatic carbocycles. The number of hydrogen-bond acceptors (Lipinski definition) is 2. The standard InChI is InChI=1S/C16H12ClF2NS/c17-16-9(2-1-3-12(16)19)7-13(20)15-8-10-6-11(18)4-5-14(10)21-15/h1-6,8,13H,7,20H2.